The van der Waals surface area contributed by atoms with Crippen molar-refractivity contribution in [3.63, 3.8) is 0 Å². The molecule has 0 saturated heterocycles. The maximum Gasteiger partial charge on any atom is 0.261 e. The number of aryl methyl sites for hydroxylation is 4. The van der Waals surface area contributed by atoms with E-state index in [1.165, 1.54) is 9.80 Å². The third-order valence-electron chi connectivity index (χ3n) is 11.7. The van der Waals surface area contributed by atoms with Gasteiger partial charge in [0, 0.05) is 27.9 Å². The summed E-state index contributed by atoms with van der Waals surface area (Å²) >= 11 is 0. The number of amides is 4. The van der Waals surface area contributed by atoms with Crippen LogP contribution in [0.5, 0.6) is 0 Å². The molecule has 0 N–H and O–H groups in total. The largest absolute Gasteiger partial charge is 0.277 e. The minimum absolute atomic E-state index is 0.243. The molecular weight excluding hydrogens is 645 g/mol. The van der Waals surface area contributed by atoms with E-state index in [1.807, 2.05) is 0 Å². The Balaban J connectivity index is 1.63. The van der Waals surface area contributed by atoms with Crippen LogP contribution in [-0.4, -0.2) is 47.5 Å². The van der Waals surface area contributed by atoms with Crippen LogP contribution in [-0.2, 0) is 25.7 Å². The molecule has 0 bridgehead atoms. The monoisotopic (exact) mass is 692 g/mol. The SMILES string of the molecule is [CH]c1c2cc3c(CCCC)c4c(c(CCCC)c3cc2c([CH])c2cc3c(CCCC)c5c(c(CCCC)c3cc12)C(=O)N(C)C5=O)C(=O)N(C)C4=O. The Morgan fingerprint density at radius 3 is 0.808 bits per heavy atom. The van der Waals surface area contributed by atoms with Crippen molar-refractivity contribution in [2.45, 2.75) is 105 Å². The first kappa shape index (κ1) is 35.8. The van der Waals surface area contributed by atoms with Crippen molar-refractivity contribution in [1.82, 2.24) is 9.80 Å². The normalized spacial score (nSPS) is 14.4. The van der Waals surface area contributed by atoms with Crippen molar-refractivity contribution in [2.75, 3.05) is 14.1 Å². The molecule has 2 aliphatic rings. The van der Waals surface area contributed by atoms with Crippen molar-refractivity contribution in [3.8, 4) is 0 Å². The maximum atomic E-state index is 13.7. The van der Waals surface area contributed by atoms with Gasteiger partial charge in [0.05, 0.1) is 22.3 Å². The molecule has 6 nitrogen and oxygen atoms in total. The summed E-state index contributed by atoms with van der Waals surface area (Å²) in [5, 5.41) is 6.99. The van der Waals surface area contributed by atoms with Gasteiger partial charge < -0.3 is 0 Å². The highest BCUT2D eigenvalue weighted by Gasteiger charge is 2.40. The number of benzene rings is 5. The van der Waals surface area contributed by atoms with Crippen LogP contribution in [0.3, 0.4) is 0 Å². The van der Waals surface area contributed by atoms with E-state index in [9.17, 15) is 19.2 Å². The van der Waals surface area contributed by atoms with Gasteiger partial charge in [-0.25, -0.2) is 0 Å². The van der Waals surface area contributed by atoms with Crippen molar-refractivity contribution in [2.24, 2.45) is 0 Å². The molecule has 4 radical (unpaired) electrons. The molecule has 0 saturated carbocycles. The number of unbranched alkanes of at least 4 members (excludes halogenated alkanes) is 4. The second kappa shape index (κ2) is 13.8. The average Bonchev–Trinajstić information content (AvgIpc) is 3.51. The zero-order chi connectivity index (χ0) is 37.2. The molecule has 5 aromatic carbocycles. The zero-order valence-corrected chi connectivity index (χ0v) is 31.5. The molecule has 2 aliphatic heterocycles. The lowest BCUT2D eigenvalue weighted by atomic mass is 9.81. The van der Waals surface area contributed by atoms with Crippen molar-refractivity contribution >= 4 is 66.7 Å². The summed E-state index contributed by atoms with van der Waals surface area (Å²) in [6.07, 6.45) is 9.97. The van der Waals surface area contributed by atoms with Crippen molar-refractivity contribution in [3.05, 3.63) is 93.7 Å². The van der Waals surface area contributed by atoms with Gasteiger partial charge >= 0.3 is 0 Å². The van der Waals surface area contributed by atoms with E-state index in [0.717, 1.165) is 117 Å². The molecule has 266 valence electrons. The number of carbonyl (C=O) groups excluding carboxylic acids is 4. The van der Waals surface area contributed by atoms with Gasteiger partial charge in [-0.1, -0.05) is 53.4 Å². The summed E-state index contributed by atoms with van der Waals surface area (Å²) in [7, 11) is 3.15. The van der Waals surface area contributed by atoms with Gasteiger partial charge in [-0.15, -0.1) is 0 Å². The minimum Gasteiger partial charge on any atom is -0.277 e. The molecule has 6 heteroatoms. The molecule has 0 atom stereocenters. The highest BCUT2D eigenvalue weighted by molar-refractivity contribution is 6.28. The first-order chi connectivity index (χ1) is 25.0. The first-order valence-corrected chi connectivity index (χ1v) is 19.2. The fraction of sp³-hybridized carbons (Fsp3) is 0.391. The lowest BCUT2D eigenvalue weighted by Crippen LogP contribution is -2.24. The summed E-state index contributed by atoms with van der Waals surface area (Å²) in [6, 6.07) is 8.39. The number of hydrogen-bond acceptors (Lipinski definition) is 4. The van der Waals surface area contributed by atoms with Gasteiger partial charge in [0.1, 0.15) is 0 Å². The summed E-state index contributed by atoms with van der Waals surface area (Å²) < 4.78 is 0. The number of imide groups is 2. The van der Waals surface area contributed by atoms with Gasteiger partial charge in [-0.2, -0.15) is 0 Å². The predicted octanol–water partition coefficient (Wildman–Crippen LogP) is 10.2. The van der Waals surface area contributed by atoms with Crippen LogP contribution in [0.15, 0.2) is 24.3 Å². The average molecular weight is 693 g/mol. The van der Waals surface area contributed by atoms with E-state index in [4.69, 9.17) is 13.8 Å². The molecule has 0 spiro atoms. The van der Waals surface area contributed by atoms with Crippen LogP contribution in [0.2, 0.25) is 0 Å². The van der Waals surface area contributed by atoms with E-state index in [0.29, 0.717) is 59.1 Å². The van der Waals surface area contributed by atoms with Crippen LogP contribution >= 0.6 is 0 Å². The first-order valence-electron chi connectivity index (χ1n) is 19.2. The van der Waals surface area contributed by atoms with E-state index in [2.05, 4.69) is 52.0 Å². The van der Waals surface area contributed by atoms with Crippen LogP contribution in [0.4, 0.5) is 0 Å². The lowest BCUT2D eigenvalue weighted by molar-refractivity contribution is 0.0677. The van der Waals surface area contributed by atoms with Gasteiger partial charge in [-0.05, 0) is 152 Å². The second-order valence-corrected chi connectivity index (χ2v) is 14.9. The van der Waals surface area contributed by atoms with Gasteiger partial charge in [0.15, 0.2) is 0 Å². The molecule has 0 aromatic heterocycles. The fourth-order valence-corrected chi connectivity index (χ4v) is 8.77. The van der Waals surface area contributed by atoms with Crippen LogP contribution in [0.1, 0.15) is 154 Å². The van der Waals surface area contributed by atoms with Crippen LogP contribution in [0.25, 0.3) is 43.1 Å². The van der Waals surface area contributed by atoms with E-state index in [-0.39, 0.29) is 23.6 Å². The molecule has 52 heavy (non-hydrogen) atoms. The van der Waals surface area contributed by atoms with Gasteiger partial charge in [0.25, 0.3) is 23.6 Å². The Labute approximate surface area is 307 Å². The van der Waals surface area contributed by atoms with Crippen LogP contribution in [0, 0.1) is 13.8 Å². The smallest absolute Gasteiger partial charge is 0.261 e. The predicted molar refractivity (Wildman–Crippen MR) is 211 cm³/mol. The highest BCUT2D eigenvalue weighted by Crippen LogP contribution is 2.45. The number of carbonyl (C=O) groups is 4. The van der Waals surface area contributed by atoms with E-state index < -0.39 is 0 Å². The number of fused-ring (bicyclic) bond motifs is 6. The zero-order valence-electron chi connectivity index (χ0n) is 31.5. The number of rotatable bonds is 12. The Kier molecular flexibility index (Phi) is 9.48. The molecule has 0 fully saturated rings. The Bertz CT molecular complexity index is 2060. The highest BCUT2D eigenvalue weighted by atomic mass is 16.2. The Morgan fingerprint density at radius 1 is 0.404 bits per heavy atom. The summed E-state index contributed by atoms with van der Waals surface area (Å²) in [6.45, 7) is 22.9. The molecule has 0 unspecified atom stereocenters. The topological polar surface area (TPSA) is 74.8 Å². The molecule has 5 aromatic rings. The molecule has 0 aliphatic carbocycles. The van der Waals surface area contributed by atoms with Crippen LogP contribution < -0.4 is 0 Å². The molecular formula is C46H48N2O4. The standard InChI is InChI=1S/C46H48N2O4/c1-9-13-17-27-35-21-31-25(5)33-23-37-29(19-15-11-3)41-42(46(52)48(8)45(41)51)30(20-16-12-4)38(37)24-34(33)26(6)32(31)22-36(35)28(18-14-10-2)40-39(27)43(49)47(7)44(40)50/h5-6,21-24H,9-20H2,1-4,7-8H3. The number of hydrogen-bond donors (Lipinski definition) is 0. The summed E-state index contributed by atoms with van der Waals surface area (Å²) in [5.74, 6) is -0.970. The van der Waals surface area contributed by atoms with Crippen molar-refractivity contribution in [1.29, 1.82) is 0 Å². The molecule has 2 heterocycles. The third-order valence-corrected chi connectivity index (χ3v) is 11.7. The third kappa shape index (κ3) is 5.19. The van der Waals surface area contributed by atoms with Crippen molar-refractivity contribution < 1.29 is 19.2 Å². The fourth-order valence-electron chi connectivity index (χ4n) is 8.77. The maximum absolute atomic E-state index is 13.7. The molecule has 7 rings (SSSR count). The quantitative estimate of drug-likeness (QED) is 0.0964. The van der Waals surface area contributed by atoms with E-state index in [1.54, 1.807) is 14.1 Å². The summed E-state index contributed by atoms with van der Waals surface area (Å²) in [4.78, 5) is 57.3. The van der Waals surface area contributed by atoms with Gasteiger partial charge in [-0.3, -0.25) is 29.0 Å². The minimum atomic E-state index is -0.243. The summed E-state index contributed by atoms with van der Waals surface area (Å²) in [5.41, 5.74) is 6.92. The van der Waals surface area contributed by atoms with E-state index >= 15 is 0 Å². The number of nitrogens with zero attached hydrogens (tertiary/aromatic N) is 2. The van der Waals surface area contributed by atoms with Gasteiger partial charge in [0.2, 0.25) is 0 Å². The Morgan fingerprint density at radius 2 is 0.615 bits per heavy atom. The lowest BCUT2D eigenvalue weighted by Gasteiger charge is -2.21. The second-order valence-electron chi connectivity index (χ2n) is 14.9. The molecule has 4 amide bonds. The Hall–Kier alpha value is -4.58.